The van der Waals surface area contributed by atoms with E-state index in [9.17, 15) is 9.59 Å². The molecule has 1 N–H and O–H groups in total. The molecule has 260 valence electrons. The van der Waals surface area contributed by atoms with Crippen LogP contribution < -0.4 is 0 Å². The molecule has 0 radical (unpaired) electrons. The van der Waals surface area contributed by atoms with Crippen LogP contribution in [0.15, 0.2) is 12.2 Å². The van der Waals surface area contributed by atoms with Gasteiger partial charge in [0.25, 0.3) is 0 Å². The van der Waals surface area contributed by atoms with Crippen molar-refractivity contribution in [2.45, 2.75) is 232 Å². The third-order valence-electron chi connectivity index (χ3n) is 8.99. The van der Waals surface area contributed by atoms with E-state index < -0.39 is 5.97 Å². The Morgan fingerprint density at radius 2 is 0.818 bits per heavy atom. The number of rotatable bonds is 36. The van der Waals surface area contributed by atoms with Gasteiger partial charge in [-0.05, 0) is 64.2 Å². The molecule has 0 fully saturated rings. The lowest BCUT2D eigenvalue weighted by Gasteiger charge is -2.18. The molecule has 0 aromatic heterocycles. The number of esters is 1. The van der Waals surface area contributed by atoms with E-state index in [0.717, 1.165) is 70.6 Å². The Bertz CT molecular complexity index is 629. The molecule has 0 aromatic rings. The van der Waals surface area contributed by atoms with Gasteiger partial charge in [-0.1, -0.05) is 161 Å². The van der Waals surface area contributed by atoms with Gasteiger partial charge >= 0.3 is 11.9 Å². The van der Waals surface area contributed by atoms with Crippen molar-refractivity contribution in [3.63, 3.8) is 0 Å². The SMILES string of the molecule is CCCCCCCCCC/C=C\CCCCCC(CCCCCCCC(=O)O)OC(=O)CCCCCCCCCCCCC. The third-order valence-corrected chi connectivity index (χ3v) is 8.99. The van der Waals surface area contributed by atoms with E-state index >= 15 is 0 Å². The Labute approximate surface area is 275 Å². The van der Waals surface area contributed by atoms with Crippen LogP contribution in [-0.2, 0) is 14.3 Å². The molecular formula is C40H76O4. The topological polar surface area (TPSA) is 63.6 Å². The number of allylic oxidation sites excluding steroid dienone is 2. The zero-order valence-corrected chi connectivity index (χ0v) is 29.7. The minimum Gasteiger partial charge on any atom is -0.481 e. The van der Waals surface area contributed by atoms with Crippen molar-refractivity contribution < 1.29 is 19.4 Å². The van der Waals surface area contributed by atoms with Crippen LogP contribution in [0.3, 0.4) is 0 Å². The largest absolute Gasteiger partial charge is 0.481 e. The highest BCUT2D eigenvalue weighted by atomic mass is 16.5. The molecule has 0 amide bonds. The monoisotopic (exact) mass is 621 g/mol. The number of carbonyl (C=O) groups is 2. The van der Waals surface area contributed by atoms with Crippen LogP contribution >= 0.6 is 0 Å². The van der Waals surface area contributed by atoms with Gasteiger partial charge in [-0.25, -0.2) is 0 Å². The van der Waals surface area contributed by atoms with Gasteiger partial charge in [0.2, 0.25) is 0 Å². The van der Waals surface area contributed by atoms with Gasteiger partial charge in [0.15, 0.2) is 0 Å². The highest BCUT2D eigenvalue weighted by Crippen LogP contribution is 2.18. The molecule has 0 spiro atoms. The van der Waals surface area contributed by atoms with Crippen molar-refractivity contribution in [1.82, 2.24) is 0 Å². The molecule has 44 heavy (non-hydrogen) atoms. The second kappa shape index (κ2) is 36.2. The fourth-order valence-corrected chi connectivity index (χ4v) is 6.06. The smallest absolute Gasteiger partial charge is 0.306 e. The fourth-order valence-electron chi connectivity index (χ4n) is 6.06. The summed E-state index contributed by atoms with van der Waals surface area (Å²) in [5, 5.41) is 8.81. The van der Waals surface area contributed by atoms with Gasteiger partial charge < -0.3 is 9.84 Å². The van der Waals surface area contributed by atoms with E-state index in [1.807, 2.05) is 0 Å². The number of carboxylic acid groups (broad SMARTS) is 1. The van der Waals surface area contributed by atoms with Crippen LogP contribution in [0.2, 0.25) is 0 Å². The number of hydrogen-bond acceptors (Lipinski definition) is 3. The van der Waals surface area contributed by atoms with Gasteiger partial charge in [-0.2, -0.15) is 0 Å². The summed E-state index contributed by atoms with van der Waals surface area (Å²) in [5.74, 6) is -0.704. The molecule has 0 bridgehead atoms. The summed E-state index contributed by atoms with van der Waals surface area (Å²) in [5.41, 5.74) is 0. The maximum Gasteiger partial charge on any atom is 0.306 e. The molecule has 0 aliphatic heterocycles. The van der Waals surface area contributed by atoms with Gasteiger partial charge in [0.05, 0.1) is 0 Å². The quantitative estimate of drug-likeness (QED) is 0.0430. The maximum atomic E-state index is 12.6. The Hall–Kier alpha value is -1.32. The van der Waals surface area contributed by atoms with Crippen molar-refractivity contribution in [2.75, 3.05) is 0 Å². The van der Waals surface area contributed by atoms with Gasteiger partial charge in [-0.15, -0.1) is 0 Å². The van der Waals surface area contributed by atoms with Crippen molar-refractivity contribution >= 4 is 11.9 Å². The molecule has 1 atom stereocenters. The average Bonchev–Trinajstić information content (AvgIpc) is 3.00. The summed E-state index contributed by atoms with van der Waals surface area (Å²) < 4.78 is 5.99. The number of carbonyl (C=O) groups excluding carboxylic acids is 1. The summed E-state index contributed by atoms with van der Waals surface area (Å²) in [7, 11) is 0. The minimum atomic E-state index is -0.700. The lowest BCUT2D eigenvalue weighted by atomic mass is 10.0. The van der Waals surface area contributed by atoms with Gasteiger partial charge in [0.1, 0.15) is 6.10 Å². The summed E-state index contributed by atoms with van der Waals surface area (Å²) in [6.45, 7) is 4.55. The predicted octanol–water partition coefficient (Wildman–Crippen LogP) is 13.5. The second-order valence-corrected chi connectivity index (χ2v) is 13.5. The van der Waals surface area contributed by atoms with E-state index in [1.54, 1.807) is 0 Å². The second-order valence-electron chi connectivity index (χ2n) is 13.5. The lowest BCUT2D eigenvalue weighted by molar-refractivity contribution is -0.150. The van der Waals surface area contributed by atoms with Crippen LogP contribution in [-0.4, -0.2) is 23.1 Å². The highest BCUT2D eigenvalue weighted by Gasteiger charge is 2.14. The zero-order valence-electron chi connectivity index (χ0n) is 29.7. The number of carboxylic acids is 1. The predicted molar refractivity (Wildman–Crippen MR) is 190 cm³/mol. The first kappa shape index (κ1) is 42.7. The molecule has 0 rings (SSSR count). The summed E-state index contributed by atoms with van der Waals surface area (Å²) in [6.07, 6.45) is 43.7. The van der Waals surface area contributed by atoms with Crippen LogP contribution in [0.25, 0.3) is 0 Å². The molecule has 0 saturated carbocycles. The number of ether oxygens (including phenoxy) is 1. The first-order chi connectivity index (χ1) is 21.6. The molecule has 0 heterocycles. The van der Waals surface area contributed by atoms with Crippen molar-refractivity contribution in [2.24, 2.45) is 0 Å². The molecule has 4 heteroatoms. The van der Waals surface area contributed by atoms with E-state index in [-0.39, 0.29) is 18.5 Å². The minimum absolute atomic E-state index is 0.00345. The molecule has 0 aliphatic rings. The molecule has 4 nitrogen and oxygen atoms in total. The fraction of sp³-hybridized carbons (Fsp3) is 0.900. The molecule has 0 aliphatic carbocycles. The van der Waals surface area contributed by atoms with Crippen molar-refractivity contribution in [3.05, 3.63) is 12.2 Å². The number of aliphatic carboxylic acids is 1. The molecular weight excluding hydrogens is 544 g/mol. The normalized spacial score (nSPS) is 12.2. The lowest BCUT2D eigenvalue weighted by Crippen LogP contribution is -2.18. The van der Waals surface area contributed by atoms with Crippen molar-refractivity contribution in [1.29, 1.82) is 0 Å². The van der Waals surface area contributed by atoms with Crippen LogP contribution in [0, 0.1) is 0 Å². The summed E-state index contributed by atoms with van der Waals surface area (Å²) >= 11 is 0. The van der Waals surface area contributed by atoms with Crippen LogP contribution in [0.1, 0.15) is 226 Å². The highest BCUT2D eigenvalue weighted by molar-refractivity contribution is 5.69. The van der Waals surface area contributed by atoms with E-state index in [2.05, 4.69) is 26.0 Å². The van der Waals surface area contributed by atoms with E-state index in [4.69, 9.17) is 9.84 Å². The first-order valence-electron chi connectivity index (χ1n) is 19.7. The third kappa shape index (κ3) is 35.2. The Morgan fingerprint density at radius 3 is 1.25 bits per heavy atom. The zero-order chi connectivity index (χ0) is 32.2. The molecule has 0 saturated heterocycles. The van der Waals surface area contributed by atoms with Crippen molar-refractivity contribution in [3.8, 4) is 0 Å². The van der Waals surface area contributed by atoms with Gasteiger partial charge in [0, 0.05) is 12.8 Å². The Kier molecular flexibility index (Phi) is 35.1. The van der Waals surface area contributed by atoms with Gasteiger partial charge in [-0.3, -0.25) is 9.59 Å². The summed E-state index contributed by atoms with van der Waals surface area (Å²) in [6, 6.07) is 0. The van der Waals surface area contributed by atoms with Crippen LogP contribution in [0.4, 0.5) is 0 Å². The summed E-state index contributed by atoms with van der Waals surface area (Å²) in [4.78, 5) is 23.3. The number of unbranched alkanes of at least 4 members (excludes halogenated alkanes) is 25. The maximum absolute atomic E-state index is 12.6. The van der Waals surface area contributed by atoms with E-state index in [0.29, 0.717) is 6.42 Å². The standard InChI is InChI=1S/C40H76O4/c1-3-5-7-9-11-13-15-16-17-18-20-21-23-26-30-34-38(35-31-27-25-28-32-36-39(41)42)44-40(43)37-33-29-24-22-19-14-12-10-8-6-4-2/h18,20,38H,3-17,19,21-37H2,1-2H3,(H,41,42)/b20-18-. The first-order valence-corrected chi connectivity index (χ1v) is 19.7. The van der Waals surface area contributed by atoms with Crippen LogP contribution in [0.5, 0.6) is 0 Å². The Balaban J connectivity index is 4.06. The molecule has 1 unspecified atom stereocenters. The van der Waals surface area contributed by atoms with E-state index in [1.165, 1.54) is 128 Å². The average molecular weight is 621 g/mol. The Morgan fingerprint density at radius 1 is 0.477 bits per heavy atom. The molecule has 0 aromatic carbocycles. The number of hydrogen-bond donors (Lipinski definition) is 1.